The Morgan fingerprint density at radius 1 is 1.32 bits per heavy atom. The van der Waals surface area contributed by atoms with Crippen LogP contribution in [0.2, 0.25) is 0 Å². The van der Waals surface area contributed by atoms with Crippen molar-refractivity contribution in [2.45, 2.75) is 31.8 Å². The lowest BCUT2D eigenvalue weighted by Gasteiger charge is -2.14. The van der Waals surface area contributed by atoms with Crippen molar-refractivity contribution >= 4 is 16.6 Å². The Kier molecular flexibility index (Phi) is 2.92. The number of pyridine rings is 2. The van der Waals surface area contributed by atoms with Crippen LogP contribution >= 0.6 is 0 Å². The maximum atomic E-state index is 9.02. The Bertz CT molecular complexity index is 656. The first-order valence-corrected chi connectivity index (χ1v) is 6.39. The number of hydrogen-bond acceptors (Lipinski definition) is 5. The van der Waals surface area contributed by atoms with Crippen LogP contribution in [0.25, 0.3) is 10.8 Å². The van der Waals surface area contributed by atoms with E-state index in [1.54, 1.807) is 18.3 Å². The summed E-state index contributed by atoms with van der Waals surface area (Å²) in [5.74, 6) is 0.922. The first-order chi connectivity index (χ1) is 9.26. The van der Waals surface area contributed by atoms with E-state index in [1.165, 1.54) is 12.8 Å². The Morgan fingerprint density at radius 2 is 2.11 bits per heavy atom. The highest BCUT2D eigenvalue weighted by Crippen LogP contribution is 2.29. The largest absolute Gasteiger partial charge is 0.474 e. The van der Waals surface area contributed by atoms with Crippen molar-refractivity contribution in [2.24, 2.45) is 0 Å². The summed E-state index contributed by atoms with van der Waals surface area (Å²) >= 11 is 0. The molecule has 0 unspecified atom stereocenters. The summed E-state index contributed by atoms with van der Waals surface area (Å²) < 4.78 is 5.94. The summed E-state index contributed by atoms with van der Waals surface area (Å²) in [4.78, 5) is 8.30. The molecule has 3 rings (SSSR count). The molecule has 0 amide bonds. The molecular formula is C14H14N4O. The van der Waals surface area contributed by atoms with Gasteiger partial charge >= 0.3 is 0 Å². The minimum atomic E-state index is 0.194. The fraction of sp³-hybridized carbons (Fsp3) is 0.357. The third-order valence-corrected chi connectivity index (χ3v) is 3.40. The molecule has 2 N–H and O–H groups in total. The summed E-state index contributed by atoms with van der Waals surface area (Å²) in [5.41, 5.74) is 6.05. The molecule has 0 atom stereocenters. The lowest BCUT2D eigenvalue weighted by Crippen LogP contribution is -2.12. The lowest BCUT2D eigenvalue weighted by atomic mass is 10.2. The van der Waals surface area contributed by atoms with E-state index in [4.69, 9.17) is 15.7 Å². The van der Waals surface area contributed by atoms with E-state index < -0.39 is 0 Å². The van der Waals surface area contributed by atoms with E-state index in [1.807, 2.05) is 6.07 Å². The average molecular weight is 254 g/mol. The number of nitrogens with two attached hydrogens (primary N) is 1. The molecule has 1 saturated carbocycles. The summed E-state index contributed by atoms with van der Waals surface area (Å²) in [6, 6.07) is 5.49. The zero-order valence-electron chi connectivity index (χ0n) is 10.5. The predicted octanol–water partition coefficient (Wildman–Crippen LogP) is 2.41. The first kappa shape index (κ1) is 11.7. The van der Waals surface area contributed by atoms with Gasteiger partial charge in [-0.05, 0) is 37.8 Å². The molecule has 0 aliphatic heterocycles. The van der Waals surface area contributed by atoms with Crippen LogP contribution in [0, 0.1) is 11.3 Å². The third-order valence-electron chi connectivity index (χ3n) is 3.40. The van der Waals surface area contributed by atoms with Crippen molar-refractivity contribution in [3.8, 4) is 11.9 Å². The van der Waals surface area contributed by atoms with E-state index in [0.29, 0.717) is 17.4 Å². The third kappa shape index (κ3) is 2.29. The molecule has 0 aromatic carbocycles. The zero-order valence-corrected chi connectivity index (χ0v) is 10.5. The molecule has 1 aliphatic carbocycles. The highest BCUT2D eigenvalue weighted by atomic mass is 16.5. The Labute approximate surface area is 111 Å². The van der Waals surface area contributed by atoms with Crippen molar-refractivity contribution in [1.82, 2.24) is 9.97 Å². The average Bonchev–Trinajstić information content (AvgIpc) is 2.92. The van der Waals surface area contributed by atoms with Crippen LogP contribution in [0.4, 0.5) is 5.82 Å². The van der Waals surface area contributed by atoms with Crippen LogP contribution in [0.1, 0.15) is 31.4 Å². The Morgan fingerprint density at radius 3 is 2.84 bits per heavy atom. The smallest absolute Gasteiger partial charge is 0.223 e. The van der Waals surface area contributed by atoms with E-state index in [-0.39, 0.29) is 6.10 Å². The second-order valence-electron chi connectivity index (χ2n) is 4.78. The van der Waals surface area contributed by atoms with Crippen LogP contribution in [0.3, 0.4) is 0 Å². The number of nitriles is 1. The van der Waals surface area contributed by atoms with Gasteiger partial charge in [0.15, 0.2) is 0 Å². The molecule has 2 aromatic heterocycles. The molecule has 0 spiro atoms. The quantitative estimate of drug-likeness (QED) is 0.889. The van der Waals surface area contributed by atoms with Crippen molar-refractivity contribution in [3.05, 3.63) is 24.0 Å². The van der Waals surface area contributed by atoms with Gasteiger partial charge in [-0.15, -0.1) is 0 Å². The van der Waals surface area contributed by atoms with Crippen LogP contribution in [-0.2, 0) is 0 Å². The van der Waals surface area contributed by atoms with Crippen LogP contribution in [-0.4, -0.2) is 16.1 Å². The summed E-state index contributed by atoms with van der Waals surface area (Å²) in [5, 5.41) is 10.7. The number of rotatable bonds is 2. The van der Waals surface area contributed by atoms with Gasteiger partial charge in [-0.25, -0.2) is 9.97 Å². The van der Waals surface area contributed by atoms with Crippen LogP contribution in [0.5, 0.6) is 5.88 Å². The van der Waals surface area contributed by atoms with Gasteiger partial charge in [0.05, 0.1) is 0 Å². The van der Waals surface area contributed by atoms with Crippen molar-refractivity contribution in [3.63, 3.8) is 0 Å². The maximum Gasteiger partial charge on any atom is 0.223 e. The SMILES string of the molecule is N#Cc1cc2cnc(N)cc2c(OC2CCCC2)n1. The summed E-state index contributed by atoms with van der Waals surface area (Å²) in [6.45, 7) is 0. The second kappa shape index (κ2) is 4.73. The van der Waals surface area contributed by atoms with Gasteiger partial charge in [-0.1, -0.05) is 0 Å². The summed E-state index contributed by atoms with van der Waals surface area (Å²) in [7, 11) is 0. The van der Waals surface area contributed by atoms with E-state index in [2.05, 4.69) is 9.97 Å². The summed E-state index contributed by atoms with van der Waals surface area (Å²) in [6.07, 6.45) is 6.29. The minimum Gasteiger partial charge on any atom is -0.474 e. The minimum absolute atomic E-state index is 0.194. The molecule has 19 heavy (non-hydrogen) atoms. The first-order valence-electron chi connectivity index (χ1n) is 6.39. The monoisotopic (exact) mass is 254 g/mol. The van der Waals surface area contributed by atoms with Gasteiger partial charge in [0.2, 0.25) is 5.88 Å². The van der Waals surface area contributed by atoms with Gasteiger partial charge in [0.25, 0.3) is 0 Å². The highest BCUT2D eigenvalue weighted by molar-refractivity contribution is 5.88. The van der Waals surface area contributed by atoms with Gasteiger partial charge in [-0.2, -0.15) is 5.26 Å². The number of nitrogen functional groups attached to an aromatic ring is 1. The maximum absolute atomic E-state index is 9.02. The van der Waals surface area contributed by atoms with Crippen LogP contribution < -0.4 is 10.5 Å². The second-order valence-corrected chi connectivity index (χ2v) is 4.78. The van der Waals surface area contributed by atoms with E-state index in [0.717, 1.165) is 23.6 Å². The molecule has 1 fully saturated rings. The fourth-order valence-electron chi connectivity index (χ4n) is 2.44. The molecule has 5 nitrogen and oxygen atoms in total. The molecular weight excluding hydrogens is 240 g/mol. The standard InChI is InChI=1S/C14H14N4O/c15-7-10-5-9-8-17-13(16)6-12(9)14(18-10)19-11-3-1-2-4-11/h5-6,8,11H,1-4H2,(H2,16,17). The molecule has 96 valence electrons. The fourth-order valence-corrected chi connectivity index (χ4v) is 2.44. The van der Waals surface area contributed by atoms with E-state index in [9.17, 15) is 0 Å². The lowest BCUT2D eigenvalue weighted by molar-refractivity contribution is 0.204. The van der Waals surface area contributed by atoms with Crippen molar-refractivity contribution in [2.75, 3.05) is 5.73 Å². The normalized spacial score (nSPS) is 15.5. The van der Waals surface area contributed by atoms with Crippen molar-refractivity contribution in [1.29, 1.82) is 5.26 Å². The molecule has 5 heteroatoms. The number of anilines is 1. The van der Waals surface area contributed by atoms with Crippen LogP contribution in [0.15, 0.2) is 18.3 Å². The number of ether oxygens (including phenoxy) is 1. The van der Waals surface area contributed by atoms with Gasteiger partial charge < -0.3 is 10.5 Å². The van der Waals surface area contributed by atoms with Gasteiger partial charge in [0, 0.05) is 17.0 Å². The number of aromatic nitrogens is 2. The molecule has 2 aromatic rings. The number of nitrogens with zero attached hydrogens (tertiary/aromatic N) is 3. The molecule has 1 aliphatic rings. The zero-order chi connectivity index (χ0) is 13.2. The molecule has 0 radical (unpaired) electrons. The van der Waals surface area contributed by atoms with Gasteiger partial charge in [-0.3, -0.25) is 0 Å². The topological polar surface area (TPSA) is 84.8 Å². The number of fused-ring (bicyclic) bond motifs is 1. The van der Waals surface area contributed by atoms with Crippen molar-refractivity contribution < 1.29 is 4.74 Å². The Balaban J connectivity index is 2.08. The molecule has 0 bridgehead atoms. The molecule has 2 heterocycles. The predicted molar refractivity (Wildman–Crippen MR) is 71.5 cm³/mol. The van der Waals surface area contributed by atoms with E-state index >= 15 is 0 Å². The van der Waals surface area contributed by atoms with Gasteiger partial charge in [0.1, 0.15) is 23.7 Å². The molecule has 0 saturated heterocycles. The highest BCUT2D eigenvalue weighted by Gasteiger charge is 2.19. The number of hydrogen-bond donors (Lipinski definition) is 1. The Hall–Kier alpha value is -2.35.